The zero-order valence-electron chi connectivity index (χ0n) is 12.0. The minimum Gasteiger partial charge on any atom is -0.507 e. The van der Waals surface area contributed by atoms with E-state index < -0.39 is 0 Å². The van der Waals surface area contributed by atoms with E-state index in [4.69, 9.17) is 0 Å². The third-order valence-corrected chi connectivity index (χ3v) is 3.54. The van der Waals surface area contributed by atoms with Crippen molar-refractivity contribution in [3.63, 3.8) is 0 Å². The highest BCUT2D eigenvalue weighted by Crippen LogP contribution is 2.17. The molecule has 110 valence electrons. The molecule has 4 heteroatoms. The summed E-state index contributed by atoms with van der Waals surface area (Å²) >= 11 is 0. The van der Waals surface area contributed by atoms with Crippen molar-refractivity contribution in [2.45, 2.75) is 6.42 Å². The van der Waals surface area contributed by atoms with Crippen LogP contribution in [0.5, 0.6) is 5.75 Å². The quantitative estimate of drug-likeness (QED) is 0.777. The molecule has 1 amide bonds. The zero-order valence-corrected chi connectivity index (χ0v) is 12.0. The van der Waals surface area contributed by atoms with Gasteiger partial charge in [0.05, 0.1) is 11.1 Å². The van der Waals surface area contributed by atoms with Crippen molar-refractivity contribution in [1.29, 1.82) is 0 Å². The summed E-state index contributed by atoms with van der Waals surface area (Å²) < 4.78 is 0. The maximum atomic E-state index is 12.0. The molecular formula is C18H16N2O2. The lowest BCUT2D eigenvalue weighted by atomic mass is 10.1. The summed E-state index contributed by atoms with van der Waals surface area (Å²) in [6.07, 6.45) is 2.46. The predicted octanol–water partition coefficient (Wildman–Crippen LogP) is 2.91. The van der Waals surface area contributed by atoms with Crippen LogP contribution < -0.4 is 5.32 Å². The van der Waals surface area contributed by atoms with Gasteiger partial charge in [0.1, 0.15) is 5.75 Å². The van der Waals surface area contributed by atoms with Gasteiger partial charge in [-0.25, -0.2) is 0 Å². The molecule has 0 spiro atoms. The molecule has 0 bridgehead atoms. The molecule has 0 aliphatic carbocycles. The first-order valence-electron chi connectivity index (χ1n) is 7.14. The van der Waals surface area contributed by atoms with Gasteiger partial charge in [0.2, 0.25) is 0 Å². The number of pyridine rings is 1. The molecule has 3 aromatic rings. The number of rotatable bonds is 4. The van der Waals surface area contributed by atoms with Gasteiger partial charge in [-0.1, -0.05) is 36.4 Å². The number of para-hydroxylation sites is 2. The smallest absolute Gasteiger partial charge is 0.255 e. The Hall–Kier alpha value is -2.88. The summed E-state index contributed by atoms with van der Waals surface area (Å²) in [5.41, 5.74) is 2.34. The van der Waals surface area contributed by atoms with Crippen LogP contribution in [-0.2, 0) is 6.42 Å². The first kappa shape index (κ1) is 14.1. The summed E-state index contributed by atoms with van der Waals surface area (Å²) in [4.78, 5) is 16.4. The second kappa shape index (κ2) is 6.26. The van der Waals surface area contributed by atoms with Gasteiger partial charge in [-0.15, -0.1) is 0 Å². The lowest BCUT2D eigenvalue weighted by Crippen LogP contribution is -2.25. The van der Waals surface area contributed by atoms with Crippen LogP contribution in [0.2, 0.25) is 0 Å². The fourth-order valence-electron chi connectivity index (χ4n) is 2.44. The summed E-state index contributed by atoms with van der Waals surface area (Å²) in [6, 6.07) is 16.5. The van der Waals surface area contributed by atoms with Gasteiger partial charge in [0.15, 0.2) is 0 Å². The second-order valence-electron chi connectivity index (χ2n) is 5.02. The van der Waals surface area contributed by atoms with E-state index in [1.807, 2.05) is 30.3 Å². The molecule has 1 aromatic heterocycles. The Morgan fingerprint density at radius 2 is 1.86 bits per heavy atom. The number of aromatic hydroxyl groups is 1. The molecule has 1 heterocycles. The maximum Gasteiger partial charge on any atom is 0.255 e. The number of fused-ring (bicyclic) bond motifs is 1. The Morgan fingerprint density at radius 3 is 2.73 bits per heavy atom. The van der Waals surface area contributed by atoms with E-state index in [0.29, 0.717) is 18.5 Å². The number of aromatic nitrogens is 1. The number of carbonyl (C=O) groups is 1. The minimum atomic E-state index is -0.272. The molecule has 0 aliphatic heterocycles. The number of benzene rings is 2. The van der Waals surface area contributed by atoms with Crippen LogP contribution in [0.25, 0.3) is 10.9 Å². The first-order valence-corrected chi connectivity index (χ1v) is 7.14. The lowest BCUT2D eigenvalue weighted by Gasteiger charge is -2.08. The lowest BCUT2D eigenvalue weighted by molar-refractivity contribution is 0.0951. The van der Waals surface area contributed by atoms with Gasteiger partial charge >= 0.3 is 0 Å². The monoisotopic (exact) mass is 292 g/mol. The van der Waals surface area contributed by atoms with Crippen molar-refractivity contribution in [2.75, 3.05) is 6.54 Å². The molecule has 0 fully saturated rings. The Balaban J connectivity index is 1.68. The minimum absolute atomic E-state index is 0.00757. The average Bonchev–Trinajstić information content (AvgIpc) is 2.55. The van der Waals surface area contributed by atoms with Gasteiger partial charge < -0.3 is 10.4 Å². The molecule has 0 radical (unpaired) electrons. The number of nitrogens with zero attached hydrogens (tertiary/aromatic N) is 1. The summed E-state index contributed by atoms with van der Waals surface area (Å²) in [7, 11) is 0. The summed E-state index contributed by atoms with van der Waals surface area (Å²) in [6.45, 7) is 0.489. The number of phenols is 1. The average molecular weight is 292 g/mol. The molecule has 2 aromatic carbocycles. The van der Waals surface area contributed by atoms with Gasteiger partial charge in [0, 0.05) is 18.1 Å². The number of hydrogen-bond acceptors (Lipinski definition) is 3. The molecule has 22 heavy (non-hydrogen) atoms. The molecule has 0 saturated heterocycles. The molecule has 0 unspecified atom stereocenters. The molecule has 3 rings (SSSR count). The van der Waals surface area contributed by atoms with E-state index >= 15 is 0 Å². The summed E-state index contributed by atoms with van der Waals surface area (Å²) in [5, 5.41) is 13.6. The van der Waals surface area contributed by atoms with E-state index in [9.17, 15) is 9.90 Å². The molecule has 2 N–H and O–H groups in total. The molecule has 0 aliphatic rings. The fourth-order valence-corrected chi connectivity index (χ4v) is 2.44. The van der Waals surface area contributed by atoms with Gasteiger partial charge in [-0.3, -0.25) is 9.78 Å². The number of amides is 1. The highest BCUT2D eigenvalue weighted by Gasteiger charge is 2.09. The van der Waals surface area contributed by atoms with Gasteiger partial charge in [0.25, 0.3) is 5.91 Å². The van der Waals surface area contributed by atoms with Crippen molar-refractivity contribution >= 4 is 16.8 Å². The van der Waals surface area contributed by atoms with Crippen LogP contribution >= 0.6 is 0 Å². The fraction of sp³-hybridized carbons (Fsp3) is 0.111. The standard InChI is InChI=1S/C18H16N2O2/c21-16-9-2-1-8-15(16)18(22)20-12-10-14-6-3-5-13-7-4-11-19-17(13)14/h1-9,11,21H,10,12H2,(H,20,22). The van der Waals surface area contributed by atoms with Crippen LogP contribution in [-0.4, -0.2) is 22.5 Å². The maximum absolute atomic E-state index is 12.0. The van der Waals surface area contributed by atoms with Crippen molar-refractivity contribution in [3.8, 4) is 5.75 Å². The Kier molecular flexibility index (Phi) is 4.01. The van der Waals surface area contributed by atoms with E-state index in [2.05, 4.69) is 10.3 Å². The van der Waals surface area contributed by atoms with Gasteiger partial charge in [-0.2, -0.15) is 0 Å². The van der Waals surface area contributed by atoms with Crippen LogP contribution in [0.4, 0.5) is 0 Å². The molecular weight excluding hydrogens is 276 g/mol. The van der Waals surface area contributed by atoms with E-state index in [-0.39, 0.29) is 11.7 Å². The molecule has 0 saturated carbocycles. The highest BCUT2D eigenvalue weighted by atomic mass is 16.3. The third kappa shape index (κ3) is 2.91. The zero-order chi connectivity index (χ0) is 15.4. The topological polar surface area (TPSA) is 62.2 Å². The Labute approximate surface area is 128 Å². The van der Waals surface area contributed by atoms with Crippen LogP contribution in [0.1, 0.15) is 15.9 Å². The largest absolute Gasteiger partial charge is 0.507 e. The molecule has 4 nitrogen and oxygen atoms in total. The highest BCUT2D eigenvalue weighted by molar-refractivity contribution is 5.96. The van der Waals surface area contributed by atoms with Crippen molar-refractivity contribution in [2.24, 2.45) is 0 Å². The number of phenolic OH excluding ortho intramolecular Hbond substituents is 1. The SMILES string of the molecule is O=C(NCCc1cccc2cccnc12)c1ccccc1O. The van der Waals surface area contributed by atoms with E-state index in [1.165, 1.54) is 6.07 Å². The number of hydrogen-bond donors (Lipinski definition) is 2. The van der Waals surface area contributed by atoms with Crippen LogP contribution in [0.15, 0.2) is 60.8 Å². The third-order valence-electron chi connectivity index (χ3n) is 3.54. The first-order chi connectivity index (χ1) is 10.8. The van der Waals surface area contributed by atoms with Crippen molar-refractivity contribution in [3.05, 3.63) is 71.9 Å². The number of carbonyl (C=O) groups excluding carboxylic acids is 1. The van der Waals surface area contributed by atoms with Crippen molar-refractivity contribution in [1.82, 2.24) is 10.3 Å². The van der Waals surface area contributed by atoms with E-state index in [0.717, 1.165) is 16.5 Å². The number of nitrogens with one attached hydrogen (secondary N) is 1. The second-order valence-corrected chi connectivity index (χ2v) is 5.02. The summed E-state index contributed by atoms with van der Waals surface area (Å²) in [5.74, 6) is -0.280. The Bertz CT molecular complexity index is 810. The van der Waals surface area contributed by atoms with E-state index in [1.54, 1.807) is 24.4 Å². The predicted molar refractivity (Wildman–Crippen MR) is 85.9 cm³/mol. The Morgan fingerprint density at radius 1 is 1.05 bits per heavy atom. The van der Waals surface area contributed by atoms with Crippen molar-refractivity contribution < 1.29 is 9.90 Å². The van der Waals surface area contributed by atoms with Gasteiger partial charge in [-0.05, 0) is 30.2 Å². The van der Waals surface area contributed by atoms with Crippen LogP contribution in [0.3, 0.4) is 0 Å². The molecule has 0 atom stereocenters. The normalized spacial score (nSPS) is 10.5. The van der Waals surface area contributed by atoms with Crippen LogP contribution in [0, 0.1) is 0 Å².